The molecular formula is C63H45N9O3. The van der Waals surface area contributed by atoms with Gasteiger partial charge >= 0.3 is 0 Å². The predicted molar refractivity (Wildman–Crippen MR) is 296 cm³/mol. The zero-order valence-corrected chi connectivity index (χ0v) is 41.0. The minimum absolute atomic E-state index is 0.744. The van der Waals surface area contributed by atoms with Gasteiger partial charge in [0.2, 0.25) is 0 Å². The van der Waals surface area contributed by atoms with Crippen LogP contribution in [0.4, 0.5) is 0 Å². The van der Waals surface area contributed by atoms with Gasteiger partial charge in [0.1, 0.15) is 51.3 Å². The molecule has 13 aromatic rings. The van der Waals surface area contributed by atoms with Crippen molar-refractivity contribution < 1.29 is 14.2 Å². The monoisotopic (exact) mass is 975 g/mol. The molecule has 12 nitrogen and oxygen atoms in total. The molecule has 0 spiro atoms. The summed E-state index contributed by atoms with van der Waals surface area (Å²) in [5, 5.41) is 0. The highest BCUT2D eigenvalue weighted by Crippen LogP contribution is 2.44. The zero-order valence-electron chi connectivity index (χ0n) is 41.0. The van der Waals surface area contributed by atoms with Gasteiger partial charge in [0, 0.05) is 52.3 Å². The average molecular weight is 976 g/mol. The Labute approximate surface area is 431 Å². The minimum atomic E-state index is 0.744. The number of imidazole rings is 3. The molecule has 0 N–H and O–H groups in total. The summed E-state index contributed by atoms with van der Waals surface area (Å²) in [5.74, 6) is 4.52. The van der Waals surface area contributed by atoms with Crippen LogP contribution in [0.1, 0.15) is 0 Å². The summed E-state index contributed by atoms with van der Waals surface area (Å²) in [4.78, 5) is 30.6. The van der Waals surface area contributed by atoms with Crippen molar-refractivity contribution in [2.45, 2.75) is 0 Å². The van der Waals surface area contributed by atoms with Crippen molar-refractivity contribution in [2.75, 3.05) is 21.3 Å². The number of fused-ring (bicyclic) bond motifs is 3. The van der Waals surface area contributed by atoms with Crippen LogP contribution in [0.5, 0.6) is 17.2 Å². The molecule has 0 aliphatic carbocycles. The number of methoxy groups -OCH3 is 3. The smallest absolute Gasteiger partial charge is 0.164 e. The van der Waals surface area contributed by atoms with Crippen LogP contribution in [0.2, 0.25) is 0 Å². The molecule has 360 valence electrons. The Bertz CT molecular complexity index is 3810. The highest BCUT2D eigenvalue weighted by atomic mass is 16.5. The van der Waals surface area contributed by atoms with Crippen molar-refractivity contribution in [1.82, 2.24) is 43.6 Å². The molecule has 0 radical (unpaired) electrons. The summed E-state index contributed by atoms with van der Waals surface area (Å²) >= 11 is 0. The summed E-state index contributed by atoms with van der Waals surface area (Å²) < 4.78 is 23.1. The Morgan fingerprint density at radius 3 is 0.827 bits per heavy atom. The van der Waals surface area contributed by atoms with Crippen molar-refractivity contribution in [3.05, 3.63) is 219 Å². The fraction of sp³-hybridized carbons (Fsp3) is 0.0476. The SMILES string of the molecule is COc1ccc(-n2c(-c3ccccc3-c3cc(-c4ccccc4-c4nc5cccnc5n4-c4ccc(OC)cc4)cc(-c4ccccc4-c4nc5cccnc5n4-c4ccc(OC)cc4)c3)nc3cccnc32)cc1. The van der Waals surface area contributed by atoms with Crippen molar-refractivity contribution in [1.29, 1.82) is 0 Å². The second kappa shape index (κ2) is 18.8. The molecule has 12 heteroatoms. The molecule has 0 fully saturated rings. The van der Waals surface area contributed by atoms with Crippen molar-refractivity contribution in [3.8, 4) is 102 Å². The molecule has 0 saturated heterocycles. The quantitative estimate of drug-likeness (QED) is 0.118. The fourth-order valence-corrected chi connectivity index (χ4v) is 10.1. The van der Waals surface area contributed by atoms with E-state index in [9.17, 15) is 0 Å². The standard InChI is InChI=1S/C63H45N9O3/c1-73-46-28-22-43(23-29-46)70-58(67-55-19-10-34-64-61(55)70)52-16-7-4-13-49(52)40-37-41(50-14-5-8-17-53(50)59-68-56-20-11-35-65-62(56)71(59)44-24-30-47(74-2)31-25-44)39-42(38-40)51-15-6-9-18-54(51)60-69-57-21-12-36-66-63(57)72(60)45-26-32-48(75-3)33-27-45/h4-39H,1-3H3. The van der Waals surface area contributed by atoms with Crippen LogP contribution < -0.4 is 14.2 Å². The summed E-state index contributed by atoms with van der Waals surface area (Å²) in [6, 6.07) is 68.0. The Morgan fingerprint density at radius 2 is 0.560 bits per heavy atom. The van der Waals surface area contributed by atoms with Gasteiger partial charge in [-0.15, -0.1) is 0 Å². The summed E-state index contributed by atoms with van der Waals surface area (Å²) in [6.07, 6.45) is 5.42. The molecule has 0 aliphatic heterocycles. The van der Waals surface area contributed by atoms with Crippen molar-refractivity contribution in [3.63, 3.8) is 0 Å². The highest BCUT2D eigenvalue weighted by molar-refractivity contribution is 5.95. The van der Waals surface area contributed by atoms with Gasteiger partial charge in [0.05, 0.1) is 21.3 Å². The molecule has 0 amide bonds. The van der Waals surface area contributed by atoms with E-state index in [4.69, 9.17) is 44.1 Å². The van der Waals surface area contributed by atoms with Crippen LogP contribution in [0, 0.1) is 0 Å². The number of rotatable bonds is 12. The third-order valence-corrected chi connectivity index (χ3v) is 13.6. The van der Waals surface area contributed by atoms with Gasteiger partial charge in [-0.2, -0.15) is 0 Å². The maximum absolute atomic E-state index is 5.57. The number of hydrogen-bond acceptors (Lipinski definition) is 9. The van der Waals surface area contributed by atoms with E-state index in [1.54, 1.807) is 21.3 Å². The number of benzene rings is 7. The normalized spacial score (nSPS) is 11.4. The predicted octanol–water partition coefficient (Wildman–Crippen LogP) is 13.9. The number of pyridine rings is 3. The van der Waals surface area contributed by atoms with E-state index in [1.807, 2.05) is 128 Å². The van der Waals surface area contributed by atoms with E-state index < -0.39 is 0 Å². The van der Waals surface area contributed by atoms with Crippen LogP contribution in [-0.2, 0) is 0 Å². The first-order valence-corrected chi connectivity index (χ1v) is 24.4. The molecule has 7 aromatic carbocycles. The molecule has 75 heavy (non-hydrogen) atoms. The zero-order chi connectivity index (χ0) is 50.4. The third kappa shape index (κ3) is 7.88. The molecule has 0 aliphatic rings. The summed E-state index contributed by atoms with van der Waals surface area (Å²) in [7, 11) is 5.02. The average Bonchev–Trinajstić information content (AvgIpc) is 4.22. The lowest BCUT2D eigenvalue weighted by atomic mass is 9.88. The Morgan fingerprint density at radius 1 is 0.293 bits per heavy atom. The minimum Gasteiger partial charge on any atom is -0.497 e. The molecule has 13 rings (SSSR count). The molecule has 0 unspecified atom stereocenters. The number of hydrogen-bond donors (Lipinski definition) is 0. The molecule has 6 heterocycles. The Hall–Kier alpha value is -10.2. The number of ether oxygens (including phenoxy) is 3. The van der Waals surface area contributed by atoms with E-state index >= 15 is 0 Å². The molecular weight excluding hydrogens is 931 g/mol. The lowest BCUT2D eigenvalue weighted by Crippen LogP contribution is -2.01. The second-order valence-electron chi connectivity index (χ2n) is 17.9. The first-order chi connectivity index (χ1) is 37.0. The number of aromatic nitrogens is 9. The molecule has 0 atom stereocenters. The van der Waals surface area contributed by atoms with E-state index in [-0.39, 0.29) is 0 Å². The topological polar surface area (TPSA) is 120 Å². The maximum atomic E-state index is 5.57. The van der Waals surface area contributed by atoms with Crippen LogP contribution in [0.25, 0.3) is 118 Å². The Kier molecular flexibility index (Phi) is 11.2. The largest absolute Gasteiger partial charge is 0.497 e. The summed E-state index contributed by atoms with van der Waals surface area (Å²) in [6.45, 7) is 0. The van der Waals surface area contributed by atoms with Gasteiger partial charge in [-0.05, 0) is 161 Å². The first-order valence-electron chi connectivity index (χ1n) is 24.4. The van der Waals surface area contributed by atoms with Crippen LogP contribution >= 0.6 is 0 Å². The third-order valence-electron chi connectivity index (χ3n) is 13.6. The second-order valence-corrected chi connectivity index (χ2v) is 17.9. The van der Waals surface area contributed by atoms with Crippen LogP contribution in [0.3, 0.4) is 0 Å². The number of nitrogens with zero attached hydrogens (tertiary/aromatic N) is 9. The van der Waals surface area contributed by atoms with E-state index in [2.05, 4.69) is 105 Å². The molecule has 6 aromatic heterocycles. The Balaban J connectivity index is 1.07. The van der Waals surface area contributed by atoms with Gasteiger partial charge in [0.15, 0.2) is 16.9 Å². The fourth-order valence-electron chi connectivity index (χ4n) is 10.1. The van der Waals surface area contributed by atoms with Gasteiger partial charge in [-0.1, -0.05) is 72.8 Å². The van der Waals surface area contributed by atoms with E-state index in [0.29, 0.717) is 0 Å². The van der Waals surface area contributed by atoms with Gasteiger partial charge in [-0.25, -0.2) is 29.9 Å². The lowest BCUT2D eigenvalue weighted by molar-refractivity contribution is 0.414. The van der Waals surface area contributed by atoms with Gasteiger partial charge in [0.25, 0.3) is 0 Å². The van der Waals surface area contributed by atoms with E-state index in [0.717, 1.165) is 135 Å². The van der Waals surface area contributed by atoms with Crippen molar-refractivity contribution in [2.24, 2.45) is 0 Å². The summed E-state index contributed by atoms with van der Waals surface area (Å²) in [5.41, 5.74) is 15.9. The first kappa shape index (κ1) is 44.7. The van der Waals surface area contributed by atoms with Gasteiger partial charge in [-0.3, -0.25) is 13.7 Å². The highest BCUT2D eigenvalue weighted by Gasteiger charge is 2.24. The lowest BCUT2D eigenvalue weighted by Gasteiger charge is -2.18. The van der Waals surface area contributed by atoms with Crippen LogP contribution in [0.15, 0.2) is 219 Å². The van der Waals surface area contributed by atoms with Crippen molar-refractivity contribution >= 4 is 33.5 Å². The van der Waals surface area contributed by atoms with Crippen LogP contribution in [-0.4, -0.2) is 64.9 Å². The molecule has 0 bridgehead atoms. The van der Waals surface area contributed by atoms with Gasteiger partial charge < -0.3 is 14.2 Å². The van der Waals surface area contributed by atoms with E-state index in [1.165, 1.54) is 0 Å². The molecule has 0 saturated carbocycles. The maximum Gasteiger partial charge on any atom is 0.164 e.